The molecule has 1 N–H and O–H groups in total. The van der Waals surface area contributed by atoms with Crippen LogP contribution in [0.15, 0.2) is 30.5 Å². The Morgan fingerprint density at radius 2 is 1.90 bits per heavy atom. The molecule has 0 aliphatic rings. The predicted molar refractivity (Wildman–Crippen MR) is 68.4 cm³/mol. The number of carboxylic acids is 1. The highest BCUT2D eigenvalue weighted by Crippen LogP contribution is 2.21. The lowest BCUT2D eigenvalue weighted by Crippen LogP contribution is -2.06. The van der Waals surface area contributed by atoms with Gasteiger partial charge in [-0.05, 0) is 24.3 Å². The third-order valence-electron chi connectivity index (χ3n) is 2.46. The molecule has 104 valence electrons. The van der Waals surface area contributed by atoms with Crippen LogP contribution in [0, 0.1) is 5.82 Å². The first-order chi connectivity index (χ1) is 9.47. The van der Waals surface area contributed by atoms with Gasteiger partial charge in [-0.1, -0.05) is 0 Å². The van der Waals surface area contributed by atoms with Gasteiger partial charge in [0.1, 0.15) is 33.7 Å². The number of thiol groups is 1. The van der Waals surface area contributed by atoms with Crippen LogP contribution < -0.4 is 0 Å². The molecule has 0 unspecified atom stereocenters. The number of rotatable bonds is 4. The third-order valence-corrected chi connectivity index (χ3v) is 3.00. The molecule has 0 aliphatic carbocycles. The van der Waals surface area contributed by atoms with Gasteiger partial charge in [0.25, 0.3) is 0 Å². The van der Waals surface area contributed by atoms with Gasteiger partial charge in [0.15, 0.2) is 0 Å². The van der Waals surface area contributed by atoms with Crippen molar-refractivity contribution in [3.63, 3.8) is 0 Å². The molecule has 2 rings (SSSR count). The second-order valence-corrected chi connectivity index (χ2v) is 4.83. The van der Waals surface area contributed by atoms with Crippen LogP contribution in [0.3, 0.4) is 0 Å². The minimum absolute atomic E-state index is 0.00886. The molecule has 20 heavy (non-hydrogen) atoms. The maximum Gasteiger partial charge on any atom is 0.339 e. The number of aromatic carboxylic acids is 1. The van der Waals surface area contributed by atoms with Gasteiger partial charge in [-0.3, -0.25) is 0 Å². The van der Waals surface area contributed by atoms with Crippen LogP contribution in [0.4, 0.5) is 4.39 Å². The Kier molecular flexibility index (Phi) is 4.04. The van der Waals surface area contributed by atoms with Crippen molar-refractivity contribution >= 4 is 16.7 Å². The summed E-state index contributed by atoms with van der Waals surface area (Å²) in [5.74, 6) is -2.11. The van der Waals surface area contributed by atoms with Gasteiger partial charge < -0.3 is 5.11 Å². The molecule has 0 bridgehead atoms. The molecule has 1 aromatic carbocycles. The Morgan fingerprint density at radius 3 is 2.45 bits per heavy atom. The van der Waals surface area contributed by atoms with Crippen molar-refractivity contribution in [2.24, 2.45) is 0 Å². The van der Waals surface area contributed by atoms with Gasteiger partial charge in [0.2, 0.25) is 0 Å². The van der Waals surface area contributed by atoms with Gasteiger partial charge in [0, 0.05) is 11.8 Å². The molecule has 0 amide bonds. The lowest BCUT2D eigenvalue weighted by Gasteiger charge is -2.06. The van der Waals surface area contributed by atoms with Gasteiger partial charge in [-0.15, -0.1) is 0 Å². The number of carboxylic acid groups (broad SMARTS) is 1. The maximum absolute atomic E-state index is 12.9. The Morgan fingerprint density at radius 1 is 1.25 bits per heavy atom. The van der Waals surface area contributed by atoms with Crippen molar-refractivity contribution in [3.05, 3.63) is 47.7 Å². The molecule has 1 aromatic heterocycles. The molecule has 0 fully saturated rings. The van der Waals surface area contributed by atoms with E-state index >= 15 is 0 Å². The van der Waals surface area contributed by atoms with Gasteiger partial charge >= 0.3 is 5.97 Å². The summed E-state index contributed by atoms with van der Waals surface area (Å²) in [6.45, 7) is 0. The number of aromatic nitrogens is 2. The van der Waals surface area contributed by atoms with E-state index in [-0.39, 0.29) is 22.8 Å². The Hall–Kier alpha value is -2.35. The van der Waals surface area contributed by atoms with Crippen molar-refractivity contribution in [1.29, 1.82) is 0 Å². The van der Waals surface area contributed by atoms with Crippen LogP contribution in [0.25, 0.3) is 11.3 Å². The fraction of sp³-hybridized carbons (Fsp3) is 0.0833. The summed E-state index contributed by atoms with van der Waals surface area (Å²) in [6, 6.07) is 5.06. The molecule has 0 radical (unpaired) electrons. The van der Waals surface area contributed by atoms with Crippen molar-refractivity contribution in [3.8, 4) is 11.3 Å². The molecular weight excluding hydrogens is 287 g/mol. The molecule has 0 saturated carbocycles. The predicted octanol–water partition coefficient (Wildman–Crippen LogP) is 1.09. The smallest absolute Gasteiger partial charge is 0.339 e. The summed E-state index contributed by atoms with van der Waals surface area (Å²) in [6.07, 6.45) is 1.04. The largest absolute Gasteiger partial charge is 0.478 e. The molecule has 6 nitrogen and oxygen atoms in total. The first-order valence-electron chi connectivity index (χ1n) is 5.44. The number of benzene rings is 1. The Balaban J connectivity index is 2.57. The van der Waals surface area contributed by atoms with Crippen LogP contribution in [0.2, 0.25) is 0 Å². The van der Waals surface area contributed by atoms with E-state index in [1.807, 2.05) is 0 Å². The Labute approximate surface area is 114 Å². The number of hydrogen-bond acceptors (Lipinski definition) is 5. The molecule has 0 atom stereocenters. The van der Waals surface area contributed by atoms with Gasteiger partial charge in [0.05, 0.1) is 5.69 Å². The number of carbonyl (C=O) groups is 1. The fourth-order valence-corrected chi connectivity index (χ4v) is 1.98. The van der Waals surface area contributed by atoms with Gasteiger partial charge in [-0.2, -0.15) is 0 Å². The van der Waals surface area contributed by atoms with Crippen molar-refractivity contribution in [2.75, 3.05) is 0 Å². The third kappa shape index (κ3) is 3.15. The van der Waals surface area contributed by atoms with Crippen LogP contribution in [0.1, 0.15) is 16.2 Å². The number of hydrogen-bond donors (Lipinski definition) is 2. The van der Waals surface area contributed by atoms with E-state index in [9.17, 15) is 17.6 Å². The average Bonchev–Trinajstić information content (AvgIpc) is 2.38. The summed E-state index contributed by atoms with van der Waals surface area (Å²) >= 11 is 0. The van der Waals surface area contributed by atoms with Crippen molar-refractivity contribution < 1.29 is 22.7 Å². The molecule has 8 heteroatoms. The highest BCUT2D eigenvalue weighted by molar-refractivity contribution is 7.71. The summed E-state index contributed by atoms with van der Waals surface area (Å²) in [5, 5.41) is 9.08. The second-order valence-electron chi connectivity index (χ2n) is 3.85. The van der Waals surface area contributed by atoms with Crippen LogP contribution in [0.5, 0.6) is 0 Å². The maximum atomic E-state index is 12.9. The van der Waals surface area contributed by atoms with E-state index < -0.39 is 22.5 Å². The van der Waals surface area contributed by atoms with E-state index in [1.165, 1.54) is 12.1 Å². The highest BCUT2D eigenvalue weighted by Gasteiger charge is 2.15. The zero-order valence-electron chi connectivity index (χ0n) is 9.99. The first kappa shape index (κ1) is 14.1. The van der Waals surface area contributed by atoms with E-state index in [0.29, 0.717) is 5.56 Å². The minimum atomic E-state index is -2.72. The zero-order chi connectivity index (χ0) is 14.7. The lowest BCUT2D eigenvalue weighted by molar-refractivity contribution is 0.0697. The molecule has 0 aliphatic heterocycles. The van der Waals surface area contributed by atoms with Crippen molar-refractivity contribution in [1.82, 2.24) is 9.97 Å². The second kappa shape index (κ2) is 5.74. The Bertz CT molecular complexity index is 721. The number of nitrogens with zero attached hydrogens (tertiary/aromatic N) is 2. The number of halogens is 1. The normalized spacial score (nSPS) is 10.7. The molecule has 0 saturated heterocycles. The molecule has 2 aromatic rings. The summed E-state index contributed by atoms with van der Waals surface area (Å²) in [4.78, 5) is 18.8. The van der Waals surface area contributed by atoms with E-state index in [1.54, 1.807) is 0 Å². The fourth-order valence-electron chi connectivity index (χ4n) is 1.59. The average molecular weight is 296 g/mol. The standard InChI is InChI=1S/C12H9FN2O4S/c13-8-3-1-7(2-4-8)11-9(12(16)17)5-14-10(15-11)6-20(18)19/h1-5,20H,6H2,(H,16,17). The molecular formula is C12H9FN2O4S. The van der Waals surface area contributed by atoms with Crippen LogP contribution in [-0.4, -0.2) is 29.5 Å². The first-order valence-corrected chi connectivity index (χ1v) is 6.80. The summed E-state index contributed by atoms with van der Waals surface area (Å²) in [5.41, 5.74) is 0.245. The summed E-state index contributed by atoms with van der Waals surface area (Å²) < 4.78 is 34.2. The molecule has 1 heterocycles. The van der Waals surface area contributed by atoms with Gasteiger partial charge in [-0.25, -0.2) is 27.6 Å². The minimum Gasteiger partial charge on any atom is -0.478 e. The summed E-state index contributed by atoms with van der Waals surface area (Å²) in [7, 11) is -2.72. The zero-order valence-corrected chi connectivity index (χ0v) is 10.9. The quantitative estimate of drug-likeness (QED) is 0.820. The van der Waals surface area contributed by atoms with E-state index in [0.717, 1.165) is 18.3 Å². The lowest BCUT2D eigenvalue weighted by atomic mass is 10.1. The van der Waals surface area contributed by atoms with Crippen LogP contribution in [-0.2, 0) is 16.5 Å². The van der Waals surface area contributed by atoms with Crippen molar-refractivity contribution in [2.45, 2.75) is 5.75 Å². The SMILES string of the molecule is O=C(O)c1cnc(C[SH](=O)=O)nc1-c1ccc(F)cc1. The highest BCUT2D eigenvalue weighted by atomic mass is 32.2. The topological polar surface area (TPSA) is 97.2 Å². The monoisotopic (exact) mass is 296 g/mol. The van der Waals surface area contributed by atoms with E-state index in [2.05, 4.69) is 9.97 Å². The molecule has 0 spiro atoms. The van der Waals surface area contributed by atoms with E-state index in [4.69, 9.17) is 5.11 Å². The van der Waals surface area contributed by atoms with Crippen LogP contribution >= 0.6 is 0 Å².